The minimum atomic E-state index is -3.55. The Bertz CT molecular complexity index is 460. The number of pyridine rings is 1. The SMILES string of the molecule is CCNS(=O)(=O)Nc1ccc(C#N)cn1. The van der Waals surface area contributed by atoms with Crippen LogP contribution in [0.1, 0.15) is 12.5 Å². The summed E-state index contributed by atoms with van der Waals surface area (Å²) in [4.78, 5) is 3.76. The maximum atomic E-state index is 11.2. The number of hydrogen-bond acceptors (Lipinski definition) is 4. The molecule has 0 saturated carbocycles. The van der Waals surface area contributed by atoms with Crippen molar-refractivity contribution in [1.82, 2.24) is 9.71 Å². The Labute approximate surface area is 88.1 Å². The third kappa shape index (κ3) is 3.53. The first-order valence-corrected chi connectivity index (χ1v) is 5.69. The molecular weight excluding hydrogens is 216 g/mol. The summed E-state index contributed by atoms with van der Waals surface area (Å²) in [5, 5.41) is 8.50. The van der Waals surface area contributed by atoms with Gasteiger partial charge in [-0.15, -0.1) is 0 Å². The molecule has 0 radical (unpaired) electrons. The lowest BCUT2D eigenvalue weighted by atomic mass is 10.3. The Balaban J connectivity index is 2.78. The van der Waals surface area contributed by atoms with Gasteiger partial charge in [-0.3, -0.25) is 4.72 Å². The highest BCUT2D eigenvalue weighted by Crippen LogP contribution is 2.05. The molecule has 1 aromatic rings. The molecule has 0 amide bonds. The summed E-state index contributed by atoms with van der Waals surface area (Å²) in [7, 11) is -3.55. The largest absolute Gasteiger partial charge is 0.300 e. The minimum Gasteiger partial charge on any atom is -0.255 e. The molecule has 2 N–H and O–H groups in total. The van der Waals surface area contributed by atoms with E-state index in [1.165, 1.54) is 18.3 Å². The van der Waals surface area contributed by atoms with Gasteiger partial charge in [0.2, 0.25) is 0 Å². The van der Waals surface area contributed by atoms with E-state index in [0.29, 0.717) is 12.1 Å². The van der Waals surface area contributed by atoms with Crippen LogP contribution in [-0.4, -0.2) is 19.9 Å². The van der Waals surface area contributed by atoms with Crippen LogP contribution in [0.4, 0.5) is 5.82 Å². The lowest BCUT2D eigenvalue weighted by Gasteiger charge is -2.06. The highest BCUT2D eigenvalue weighted by Gasteiger charge is 2.07. The van der Waals surface area contributed by atoms with Crippen LogP contribution >= 0.6 is 0 Å². The van der Waals surface area contributed by atoms with Gasteiger partial charge in [0.25, 0.3) is 10.2 Å². The average molecular weight is 226 g/mol. The third-order valence-electron chi connectivity index (χ3n) is 1.47. The number of hydrogen-bond donors (Lipinski definition) is 2. The first-order valence-electron chi connectivity index (χ1n) is 4.21. The molecule has 80 valence electrons. The molecule has 1 heterocycles. The van der Waals surface area contributed by atoms with E-state index in [-0.39, 0.29) is 5.82 Å². The topological polar surface area (TPSA) is 94.9 Å². The Morgan fingerprint density at radius 3 is 2.73 bits per heavy atom. The molecule has 0 aliphatic heterocycles. The molecule has 0 spiro atoms. The van der Waals surface area contributed by atoms with Crippen molar-refractivity contribution >= 4 is 16.0 Å². The van der Waals surface area contributed by atoms with E-state index in [1.807, 2.05) is 6.07 Å². The summed E-state index contributed by atoms with van der Waals surface area (Å²) < 4.78 is 26.9. The average Bonchev–Trinajstić information content (AvgIpc) is 2.18. The maximum absolute atomic E-state index is 11.2. The summed E-state index contributed by atoms with van der Waals surface area (Å²) in [6, 6.07) is 4.79. The minimum absolute atomic E-state index is 0.176. The van der Waals surface area contributed by atoms with Crippen LogP contribution in [0, 0.1) is 11.3 Å². The van der Waals surface area contributed by atoms with Gasteiger partial charge >= 0.3 is 0 Å². The second-order valence-corrected chi connectivity index (χ2v) is 4.15. The van der Waals surface area contributed by atoms with Crippen molar-refractivity contribution in [3.63, 3.8) is 0 Å². The van der Waals surface area contributed by atoms with E-state index in [2.05, 4.69) is 14.4 Å². The van der Waals surface area contributed by atoms with Gasteiger partial charge in [0.15, 0.2) is 0 Å². The first kappa shape index (κ1) is 11.4. The lowest BCUT2D eigenvalue weighted by Crippen LogP contribution is -2.30. The van der Waals surface area contributed by atoms with Gasteiger partial charge in [0, 0.05) is 12.7 Å². The molecule has 0 aliphatic rings. The van der Waals surface area contributed by atoms with E-state index in [4.69, 9.17) is 5.26 Å². The van der Waals surface area contributed by atoms with Crippen molar-refractivity contribution in [2.75, 3.05) is 11.3 Å². The van der Waals surface area contributed by atoms with Gasteiger partial charge < -0.3 is 0 Å². The highest BCUT2D eigenvalue weighted by molar-refractivity contribution is 7.90. The van der Waals surface area contributed by atoms with Crippen LogP contribution in [0.25, 0.3) is 0 Å². The zero-order valence-corrected chi connectivity index (χ0v) is 8.87. The van der Waals surface area contributed by atoms with Crippen molar-refractivity contribution in [2.45, 2.75) is 6.92 Å². The Morgan fingerprint density at radius 2 is 2.27 bits per heavy atom. The lowest BCUT2D eigenvalue weighted by molar-refractivity contribution is 0.589. The zero-order valence-electron chi connectivity index (χ0n) is 8.06. The van der Waals surface area contributed by atoms with Crippen molar-refractivity contribution < 1.29 is 8.42 Å². The second-order valence-electron chi connectivity index (χ2n) is 2.65. The van der Waals surface area contributed by atoms with Crippen LogP contribution in [0.3, 0.4) is 0 Å². The van der Waals surface area contributed by atoms with Gasteiger partial charge in [-0.25, -0.2) is 4.98 Å². The molecule has 0 saturated heterocycles. The van der Waals surface area contributed by atoms with Crippen molar-refractivity contribution in [2.24, 2.45) is 0 Å². The van der Waals surface area contributed by atoms with E-state index in [0.717, 1.165) is 0 Å². The quantitative estimate of drug-likeness (QED) is 0.767. The van der Waals surface area contributed by atoms with Crippen LogP contribution < -0.4 is 9.44 Å². The molecular formula is C8H10N4O2S. The first-order chi connectivity index (χ1) is 7.07. The summed E-state index contributed by atoms with van der Waals surface area (Å²) in [5.41, 5.74) is 0.376. The fourth-order valence-electron chi connectivity index (χ4n) is 0.884. The van der Waals surface area contributed by atoms with E-state index in [9.17, 15) is 8.42 Å². The molecule has 0 unspecified atom stereocenters. The maximum Gasteiger partial charge on any atom is 0.300 e. The van der Waals surface area contributed by atoms with Gasteiger partial charge in [-0.05, 0) is 12.1 Å². The van der Waals surface area contributed by atoms with Crippen molar-refractivity contribution in [1.29, 1.82) is 5.26 Å². The molecule has 15 heavy (non-hydrogen) atoms. The summed E-state index contributed by atoms with van der Waals surface area (Å²) >= 11 is 0. The predicted molar refractivity (Wildman–Crippen MR) is 55.2 cm³/mol. The van der Waals surface area contributed by atoms with Crippen LogP contribution in [-0.2, 0) is 10.2 Å². The van der Waals surface area contributed by atoms with Crippen LogP contribution in [0.5, 0.6) is 0 Å². The fraction of sp³-hybridized carbons (Fsp3) is 0.250. The number of nitriles is 1. The number of nitrogens with one attached hydrogen (secondary N) is 2. The molecule has 7 heteroatoms. The molecule has 1 aromatic heterocycles. The standard InChI is InChI=1S/C8H10N4O2S/c1-2-11-15(13,14)12-8-4-3-7(5-9)6-10-8/h3-4,6,11H,2H2,1H3,(H,10,12). The normalized spacial score (nSPS) is 10.7. The monoisotopic (exact) mass is 226 g/mol. The van der Waals surface area contributed by atoms with Gasteiger partial charge in [0.1, 0.15) is 11.9 Å². The van der Waals surface area contributed by atoms with Gasteiger partial charge in [-0.1, -0.05) is 6.92 Å². The van der Waals surface area contributed by atoms with Crippen molar-refractivity contribution in [3.05, 3.63) is 23.9 Å². The Hall–Kier alpha value is -1.65. The Kier molecular flexibility index (Phi) is 3.60. The smallest absolute Gasteiger partial charge is 0.255 e. The molecule has 1 rings (SSSR count). The van der Waals surface area contributed by atoms with Crippen LogP contribution in [0.15, 0.2) is 18.3 Å². The molecule has 0 fully saturated rings. The summed E-state index contributed by atoms with van der Waals surface area (Å²) in [6.07, 6.45) is 1.30. The molecule has 0 atom stereocenters. The van der Waals surface area contributed by atoms with Crippen LogP contribution in [0.2, 0.25) is 0 Å². The van der Waals surface area contributed by atoms with Gasteiger partial charge in [-0.2, -0.15) is 18.4 Å². The third-order valence-corrected chi connectivity index (χ3v) is 2.61. The summed E-state index contributed by atoms with van der Waals surface area (Å²) in [6.45, 7) is 1.97. The van der Waals surface area contributed by atoms with E-state index >= 15 is 0 Å². The molecule has 6 nitrogen and oxygen atoms in total. The van der Waals surface area contributed by atoms with E-state index in [1.54, 1.807) is 6.92 Å². The molecule has 0 aliphatic carbocycles. The predicted octanol–water partition coefficient (Wildman–Crippen LogP) is 0.219. The molecule has 0 bridgehead atoms. The number of nitrogens with zero attached hydrogens (tertiary/aromatic N) is 2. The second kappa shape index (κ2) is 4.72. The highest BCUT2D eigenvalue weighted by atomic mass is 32.2. The number of anilines is 1. The van der Waals surface area contributed by atoms with Crippen molar-refractivity contribution in [3.8, 4) is 6.07 Å². The van der Waals surface area contributed by atoms with Gasteiger partial charge in [0.05, 0.1) is 5.56 Å². The fourth-order valence-corrected chi connectivity index (χ4v) is 1.73. The number of rotatable bonds is 4. The zero-order chi connectivity index (χ0) is 11.3. The molecule has 0 aromatic carbocycles. The van der Waals surface area contributed by atoms with E-state index < -0.39 is 10.2 Å². The Morgan fingerprint density at radius 1 is 1.53 bits per heavy atom. The summed E-state index contributed by atoms with van der Waals surface area (Å²) in [5.74, 6) is 0.176. The number of aromatic nitrogens is 1.